The fourth-order valence-corrected chi connectivity index (χ4v) is 2.63. The van der Waals surface area contributed by atoms with Gasteiger partial charge in [-0.15, -0.1) is 12.4 Å². The number of rotatable bonds is 3. The Morgan fingerprint density at radius 2 is 1.88 bits per heavy atom. The Morgan fingerprint density at radius 3 is 2.58 bits per heavy atom. The van der Waals surface area contributed by atoms with Crippen LogP contribution in [0.2, 0.25) is 0 Å². The number of carbonyl (C=O) groups excluding carboxylic acids is 1. The van der Waals surface area contributed by atoms with E-state index in [1.807, 2.05) is 0 Å². The number of piperazine rings is 1. The standard InChI is InChI=1S/C17H17F3N4O.ClH/c18-17(19,20)12-3-1-4-13(11-12)23-15-14(5-2-6-22-15)16(25)24-9-7-21-8-10-24;/h1-6,11,21H,7-10H2,(H,22,23);1H. The molecule has 2 heterocycles. The first-order valence-electron chi connectivity index (χ1n) is 7.84. The zero-order valence-electron chi connectivity index (χ0n) is 13.7. The van der Waals surface area contributed by atoms with Gasteiger partial charge in [0.1, 0.15) is 5.82 Å². The van der Waals surface area contributed by atoms with E-state index in [4.69, 9.17) is 0 Å². The van der Waals surface area contributed by atoms with E-state index in [1.54, 1.807) is 17.0 Å². The molecule has 0 unspecified atom stereocenters. The summed E-state index contributed by atoms with van der Waals surface area (Å²) in [7, 11) is 0. The van der Waals surface area contributed by atoms with E-state index >= 15 is 0 Å². The highest BCUT2D eigenvalue weighted by Crippen LogP contribution is 2.31. The van der Waals surface area contributed by atoms with Crippen LogP contribution in [0.4, 0.5) is 24.7 Å². The molecule has 9 heteroatoms. The molecule has 26 heavy (non-hydrogen) atoms. The Hall–Kier alpha value is -2.32. The van der Waals surface area contributed by atoms with Crippen molar-refractivity contribution in [2.45, 2.75) is 6.18 Å². The number of hydrogen-bond acceptors (Lipinski definition) is 4. The number of halogens is 4. The summed E-state index contributed by atoms with van der Waals surface area (Å²) in [6.07, 6.45) is -2.94. The van der Waals surface area contributed by atoms with Crippen LogP contribution in [0, 0.1) is 0 Å². The van der Waals surface area contributed by atoms with Crippen LogP contribution >= 0.6 is 12.4 Å². The Labute approximate surface area is 155 Å². The van der Waals surface area contributed by atoms with E-state index in [-0.39, 0.29) is 29.8 Å². The van der Waals surface area contributed by atoms with Crippen molar-refractivity contribution >= 4 is 29.8 Å². The van der Waals surface area contributed by atoms with Gasteiger partial charge >= 0.3 is 6.18 Å². The van der Waals surface area contributed by atoms with Crippen molar-refractivity contribution in [3.8, 4) is 0 Å². The molecule has 3 rings (SSSR count). The third kappa shape index (κ3) is 4.64. The summed E-state index contributed by atoms with van der Waals surface area (Å²) in [6.45, 7) is 2.58. The predicted molar refractivity (Wildman–Crippen MR) is 95.0 cm³/mol. The summed E-state index contributed by atoms with van der Waals surface area (Å²) in [4.78, 5) is 18.5. The predicted octanol–water partition coefficient (Wildman–Crippen LogP) is 3.31. The first-order valence-corrected chi connectivity index (χ1v) is 7.84. The zero-order chi connectivity index (χ0) is 17.9. The normalized spacial score (nSPS) is 14.5. The van der Waals surface area contributed by atoms with Crippen molar-refractivity contribution in [3.05, 3.63) is 53.7 Å². The number of alkyl halides is 3. The number of pyridine rings is 1. The summed E-state index contributed by atoms with van der Waals surface area (Å²) < 4.78 is 38.5. The van der Waals surface area contributed by atoms with Crippen LogP contribution in [0.3, 0.4) is 0 Å². The highest BCUT2D eigenvalue weighted by atomic mass is 35.5. The van der Waals surface area contributed by atoms with Crippen LogP contribution in [-0.4, -0.2) is 42.0 Å². The lowest BCUT2D eigenvalue weighted by molar-refractivity contribution is -0.137. The molecule has 1 saturated heterocycles. The number of nitrogens with one attached hydrogen (secondary N) is 2. The second kappa shape index (κ2) is 8.37. The van der Waals surface area contributed by atoms with E-state index in [9.17, 15) is 18.0 Å². The van der Waals surface area contributed by atoms with E-state index in [1.165, 1.54) is 18.3 Å². The number of benzene rings is 1. The van der Waals surface area contributed by atoms with Crippen LogP contribution in [0.25, 0.3) is 0 Å². The summed E-state index contributed by atoms with van der Waals surface area (Å²) in [5.74, 6) is 0.0504. The topological polar surface area (TPSA) is 57.3 Å². The Bertz CT molecular complexity index is 764. The van der Waals surface area contributed by atoms with Crippen LogP contribution in [0.1, 0.15) is 15.9 Å². The summed E-state index contributed by atoms with van der Waals surface area (Å²) >= 11 is 0. The molecule has 0 aliphatic carbocycles. The number of nitrogens with zero attached hydrogens (tertiary/aromatic N) is 2. The van der Waals surface area contributed by atoms with Crippen molar-refractivity contribution in [2.75, 3.05) is 31.5 Å². The van der Waals surface area contributed by atoms with Crippen molar-refractivity contribution < 1.29 is 18.0 Å². The van der Waals surface area contributed by atoms with Crippen molar-refractivity contribution in [1.29, 1.82) is 0 Å². The molecule has 0 saturated carbocycles. The molecule has 1 fully saturated rings. The average Bonchev–Trinajstić information content (AvgIpc) is 2.62. The van der Waals surface area contributed by atoms with Crippen molar-refractivity contribution in [2.24, 2.45) is 0 Å². The van der Waals surface area contributed by atoms with E-state index in [2.05, 4.69) is 15.6 Å². The summed E-state index contributed by atoms with van der Waals surface area (Å²) in [6, 6.07) is 8.05. The third-order valence-corrected chi connectivity index (χ3v) is 3.89. The lowest BCUT2D eigenvalue weighted by Crippen LogP contribution is -2.46. The van der Waals surface area contributed by atoms with Gasteiger partial charge in [0.2, 0.25) is 0 Å². The molecule has 5 nitrogen and oxygen atoms in total. The number of hydrogen-bond donors (Lipinski definition) is 2. The van der Waals surface area contributed by atoms with Gasteiger partial charge in [0.05, 0.1) is 11.1 Å². The van der Waals surface area contributed by atoms with Crippen LogP contribution in [0.5, 0.6) is 0 Å². The fourth-order valence-electron chi connectivity index (χ4n) is 2.63. The lowest BCUT2D eigenvalue weighted by atomic mass is 10.1. The second-order valence-corrected chi connectivity index (χ2v) is 5.65. The molecule has 1 aliphatic heterocycles. The number of anilines is 2. The van der Waals surface area contributed by atoms with Gasteiger partial charge in [-0.1, -0.05) is 6.07 Å². The maximum Gasteiger partial charge on any atom is 0.416 e. The molecule has 0 atom stereocenters. The number of carbonyl (C=O) groups is 1. The molecule has 0 spiro atoms. The largest absolute Gasteiger partial charge is 0.416 e. The molecule has 1 aromatic heterocycles. The molecule has 1 aromatic carbocycles. The summed E-state index contributed by atoms with van der Waals surface area (Å²) in [5, 5.41) is 5.99. The third-order valence-electron chi connectivity index (χ3n) is 3.89. The molecular weight excluding hydrogens is 369 g/mol. The van der Waals surface area contributed by atoms with Gasteiger partial charge in [0.15, 0.2) is 0 Å². The first-order chi connectivity index (χ1) is 11.9. The van der Waals surface area contributed by atoms with Crippen molar-refractivity contribution in [1.82, 2.24) is 15.2 Å². The minimum absolute atomic E-state index is 0. The number of aromatic nitrogens is 1. The van der Waals surface area contributed by atoms with Gasteiger partial charge in [-0.2, -0.15) is 13.2 Å². The van der Waals surface area contributed by atoms with Crippen molar-refractivity contribution in [3.63, 3.8) is 0 Å². The SMILES string of the molecule is Cl.O=C(c1cccnc1Nc1cccc(C(F)(F)F)c1)N1CCNCC1. The zero-order valence-corrected chi connectivity index (χ0v) is 14.5. The molecule has 1 aliphatic rings. The van der Waals surface area contributed by atoms with Crippen LogP contribution < -0.4 is 10.6 Å². The number of amides is 1. The Kier molecular flexibility index (Phi) is 6.44. The van der Waals surface area contributed by atoms with E-state index < -0.39 is 11.7 Å². The van der Waals surface area contributed by atoms with Crippen LogP contribution in [-0.2, 0) is 6.18 Å². The summed E-state index contributed by atoms with van der Waals surface area (Å²) in [5.41, 5.74) is -0.201. The van der Waals surface area contributed by atoms with Gasteiger partial charge < -0.3 is 15.5 Å². The highest BCUT2D eigenvalue weighted by Gasteiger charge is 2.30. The van der Waals surface area contributed by atoms with Gasteiger partial charge in [-0.25, -0.2) is 4.98 Å². The Balaban J connectivity index is 0.00000243. The second-order valence-electron chi connectivity index (χ2n) is 5.65. The molecular formula is C17H18ClF3N4O. The molecule has 0 bridgehead atoms. The first kappa shape index (κ1) is 20.0. The molecule has 0 radical (unpaired) electrons. The lowest BCUT2D eigenvalue weighted by Gasteiger charge is -2.28. The minimum Gasteiger partial charge on any atom is -0.340 e. The highest BCUT2D eigenvalue weighted by molar-refractivity contribution is 5.99. The average molecular weight is 387 g/mol. The van der Waals surface area contributed by atoms with Gasteiger partial charge in [-0.3, -0.25) is 4.79 Å². The maximum absolute atomic E-state index is 12.8. The monoisotopic (exact) mass is 386 g/mol. The van der Waals surface area contributed by atoms with E-state index in [0.29, 0.717) is 31.7 Å². The van der Waals surface area contributed by atoms with Gasteiger partial charge in [-0.05, 0) is 30.3 Å². The minimum atomic E-state index is -4.43. The molecule has 140 valence electrons. The molecule has 2 N–H and O–H groups in total. The van der Waals surface area contributed by atoms with Gasteiger partial charge in [0.25, 0.3) is 5.91 Å². The fraction of sp³-hybridized carbons (Fsp3) is 0.294. The molecule has 1 amide bonds. The quantitative estimate of drug-likeness (QED) is 0.849. The van der Waals surface area contributed by atoms with Gasteiger partial charge in [0, 0.05) is 38.1 Å². The Morgan fingerprint density at radius 1 is 1.15 bits per heavy atom. The maximum atomic E-state index is 12.8. The van der Waals surface area contributed by atoms with E-state index in [0.717, 1.165) is 12.1 Å². The smallest absolute Gasteiger partial charge is 0.340 e. The van der Waals surface area contributed by atoms with Crippen LogP contribution in [0.15, 0.2) is 42.6 Å². The molecule has 2 aromatic rings.